The van der Waals surface area contributed by atoms with Gasteiger partial charge in [-0.3, -0.25) is 0 Å². The van der Waals surface area contributed by atoms with Crippen LogP contribution in [0, 0.1) is 0 Å². The summed E-state index contributed by atoms with van der Waals surface area (Å²) in [4.78, 5) is 22.4. The number of fused-ring (bicyclic) bond motifs is 1. The van der Waals surface area contributed by atoms with Gasteiger partial charge in [-0.25, -0.2) is 14.8 Å². The summed E-state index contributed by atoms with van der Waals surface area (Å²) in [6.07, 6.45) is 1.30. The number of hydrogen-bond acceptors (Lipinski definition) is 4. The Hall–Kier alpha value is -2.10. The van der Waals surface area contributed by atoms with Gasteiger partial charge in [0.2, 0.25) is 0 Å². The number of piperidine rings is 1. The van der Waals surface area contributed by atoms with Gasteiger partial charge < -0.3 is 14.8 Å². The summed E-state index contributed by atoms with van der Waals surface area (Å²) >= 11 is 1.05. The standard InChI is InChI=1S/C17H20F3N5OS/c1-10-8-12(14-21-4-7-25(10)14)22-16(26)24-5-2-11(3-6-24)15-23-13(9-27-15)17(18,19)20/h4,7,9-12H,2-3,5-6,8H2,1H3,(H,22,26)/t10-,12+/m0/s1. The molecule has 0 bridgehead atoms. The largest absolute Gasteiger partial charge is 0.434 e. The highest BCUT2D eigenvalue weighted by Crippen LogP contribution is 2.36. The minimum absolute atomic E-state index is 0.0273. The number of imidazole rings is 1. The van der Waals surface area contributed by atoms with Gasteiger partial charge in [0.25, 0.3) is 0 Å². The number of carbonyl (C=O) groups is 1. The Morgan fingerprint density at radius 2 is 2.07 bits per heavy atom. The van der Waals surface area contributed by atoms with Crippen LogP contribution in [-0.4, -0.2) is 38.6 Å². The van der Waals surface area contributed by atoms with Gasteiger partial charge in [-0.1, -0.05) is 0 Å². The number of urea groups is 1. The fourth-order valence-corrected chi connectivity index (χ4v) is 4.82. The molecule has 0 radical (unpaired) electrons. The molecular weight excluding hydrogens is 379 g/mol. The number of amides is 2. The van der Waals surface area contributed by atoms with E-state index < -0.39 is 11.9 Å². The van der Waals surface area contributed by atoms with Gasteiger partial charge in [0, 0.05) is 42.8 Å². The van der Waals surface area contributed by atoms with E-state index in [0.717, 1.165) is 29.0 Å². The van der Waals surface area contributed by atoms with E-state index in [1.807, 2.05) is 6.20 Å². The summed E-state index contributed by atoms with van der Waals surface area (Å²) in [6, 6.07) is 0.0528. The average Bonchev–Trinajstić information content (AvgIpc) is 3.34. The van der Waals surface area contributed by atoms with Crippen molar-refractivity contribution in [1.82, 2.24) is 24.8 Å². The normalized spacial score (nSPS) is 23.5. The molecule has 0 spiro atoms. The lowest BCUT2D eigenvalue weighted by molar-refractivity contribution is -0.140. The van der Waals surface area contributed by atoms with E-state index in [0.29, 0.717) is 37.0 Å². The van der Waals surface area contributed by atoms with Crippen molar-refractivity contribution in [2.24, 2.45) is 0 Å². The minimum atomic E-state index is -4.40. The molecule has 0 saturated carbocycles. The second kappa shape index (κ2) is 6.81. The Balaban J connectivity index is 1.33. The molecule has 0 unspecified atom stereocenters. The number of hydrogen-bond donors (Lipinski definition) is 1. The summed E-state index contributed by atoms with van der Waals surface area (Å²) < 4.78 is 40.2. The number of nitrogens with one attached hydrogen (secondary N) is 1. The summed E-state index contributed by atoms with van der Waals surface area (Å²) in [7, 11) is 0. The van der Waals surface area contributed by atoms with Gasteiger partial charge in [-0.15, -0.1) is 11.3 Å². The highest BCUT2D eigenvalue weighted by Gasteiger charge is 2.36. The van der Waals surface area contributed by atoms with E-state index in [1.165, 1.54) is 0 Å². The Labute approximate surface area is 158 Å². The number of alkyl halides is 3. The van der Waals surface area contributed by atoms with Crippen molar-refractivity contribution in [2.45, 2.75) is 50.4 Å². The molecule has 27 heavy (non-hydrogen) atoms. The van der Waals surface area contributed by atoms with Gasteiger partial charge in [0.15, 0.2) is 5.69 Å². The lowest BCUT2D eigenvalue weighted by Crippen LogP contribution is -2.45. The molecule has 10 heteroatoms. The topological polar surface area (TPSA) is 63.1 Å². The van der Waals surface area contributed by atoms with Crippen LogP contribution in [0.5, 0.6) is 0 Å². The maximum absolute atomic E-state index is 12.7. The van der Waals surface area contributed by atoms with Crippen molar-refractivity contribution < 1.29 is 18.0 Å². The predicted molar refractivity (Wildman–Crippen MR) is 93.5 cm³/mol. The number of thiazole rings is 1. The summed E-state index contributed by atoms with van der Waals surface area (Å²) in [5, 5.41) is 4.62. The lowest BCUT2D eigenvalue weighted by atomic mass is 9.98. The van der Waals surface area contributed by atoms with E-state index >= 15 is 0 Å². The first-order valence-corrected chi connectivity index (χ1v) is 9.81. The highest BCUT2D eigenvalue weighted by atomic mass is 32.1. The molecule has 4 rings (SSSR count). The second-order valence-electron chi connectivity index (χ2n) is 7.11. The number of carbonyl (C=O) groups excluding carboxylic acids is 1. The number of likely N-dealkylation sites (tertiary alicyclic amines) is 1. The molecule has 4 heterocycles. The van der Waals surface area contributed by atoms with Crippen LogP contribution in [0.1, 0.15) is 60.7 Å². The lowest BCUT2D eigenvalue weighted by Gasteiger charge is -2.32. The zero-order chi connectivity index (χ0) is 19.2. The summed E-state index contributed by atoms with van der Waals surface area (Å²) in [6.45, 7) is 3.11. The fraction of sp³-hybridized carbons (Fsp3) is 0.588. The average molecular weight is 399 g/mol. The van der Waals surface area contributed by atoms with E-state index in [4.69, 9.17) is 0 Å². The Morgan fingerprint density at radius 3 is 2.74 bits per heavy atom. The van der Waals surface area contributed by atoms with Gasteiger partial charge in [0.1, 0.15) is 5.82 Å². The van der Waals surface area contributed by atoms with Crippen molar-refractivity contribution in [3.05, 3.63) is 34.3 Å². The second-order valence-corrected chi connectivity index (χ2v) is 8.00. The van der Waals surface area contributed by atoms with E-state index in [9.17, 15) is 18.0 Å². The number of halogens is 3. The molecule has 2 aromatic rings. The molecule has 2 aromatic heterocycles. The van der Waals surface area contributed by atoms with Crippen LogP contribution in [0.3, 0.4) is 0 Å². The van der Waals surface area contributed by atoms with E-state index in [-0.39, 0.29) is 18.0 Å². The van der Waals surface area contributed by atoms with Crippen LogP contribution < -0.4 is 5.32 Å². The molecule has 1 saturated heterocycles. The number of aromatic nitrogens is 3. The Kier molecular flexibility index (Phi) is 4.61. The first-order chi connectivity index (χ1) is 12.8. The molecule has 2 amide bonds. The monoisotopic (exact) mass is 399 g/mol. The van der Waals surface area contributed by atoms with Crippen LogP contribution >= 0.6 is 11.3 Å². The fourth-order valence-electron chi connectivity index (χ4n) is 3.83. The molecular formula is C17H20F3N5OS. The number of rotatable bonds is 2. The van der Waals surface area contributed by atoms with Crippen molar-refractivity contribution in [2.75, 3.05) is 13.1 Å². The molecule has 6 nitrogen and oxygen atoms in total. The molecule has 0 aliphatic carbocycles. The van der Waals surface area contributed by atoms with Crippen molar-refractivity contribution >= 4 is 17.4 Å². The molecule has 146 valence electrons. The maximum Gasteiger partial charge on any atom is 0.434 e. The zero-order valence-electron chi connectivity index (χ0n) is 14.7. The third kappa shape index (κ3) is 3.54. The summed E-state index contributed by atoms with van der Waals surface area (Å²) in [5.74, 6) is 0.841. The molecule has 2 atom stereocenters. The third-order valence-corrected chi connectivity index (χ3v) is 6.31. The van der Waals surface area contributed by atoms with Crippen LogP contribution in [0.25, 0.3) is 0 Å². The smallest absolute Gasteiger partial charge is 0.330 e. The first-order valence-electron chi connectivity index (χ1n) is 8.93. The number of nitrogens with zero attached hydrogens (tertiary/aromatic N) is 4. The summed E-state index contributed by atoms with van der Waals surface area (Å²) in [5.41, 5.74) is -0.825. The van der Waals surface area contributed by atoms with Crippen LogP contribution in [0.15, 0.2) is 17.8 Å². The van der Waals surface area contributed by atoms with Crippen molar-refractivity contribution in [3.63, 3.8) is 0 Å². The van der Waals surface area contributed by atoms with E-state index in [1.54, 1.807) is 11.1 Å². The van der Waals surface area contributed by atoms with Crippen LogP contribution in [-0.2, 0) is 6.18 Å². The maximum atomic E-state index is 12.7. The van der Waals surface area contributed by atoms with Crippen LogP contribution in [0.4, 0.5) is 18.0 Å². The van der Waals surface area contributed by atoms with Gasteiger partial charge in [0.05, 0.1) is 11.0 Å². The molecule has 2 aliphatic heterocycles. The van der Waals surface area contributed by atoms with Gasteiger partial charge in [-0.05, 0) is 26.2 Å². The molecule has 1 N–H and O–H groups in total. The highest BCUT2D eigenvalue weighted by molar-refractivity contribution is 7.09. The first kappa shape index (κ1) is 18.3. The quantitative estimate of drug-likeness (QED) is 0.832. The van der Waals surface area contributed by atoms with Crippen molar-refractivity contribution in [3.8, 4) is 0 Å². The van der Waals surface area contributed by atoms with Gasteiger partial charge in [-0.2, -0.15) is 13.2 Å². The zero-order valence-corrected chi connectivity index (χ0v) is 15.6. The van der Waals surface area contributed by atoms with E-state index in [2.05, 4.69) is 26.8 Å². The molecule has 1 fully saturated rings. The molecule has 2 aliphatic rings. The SMILES string of the molecule is C[C@H]1C[C@@H](NC(=O)N2CCC(c3nc(C(F)(F)F)cs3)CC2)c2nccn21. The van der Waals surface area contributed by atoms with Gasteiger partial charge >= 0.3 is 12.2 Å². The Morgan fingerprint density at radius 1 is 1.33 bits per heavy atom. The van der Waals surface area contributed by atoms with Crippen LogP contribution in [0.2, 0.25) is 0 Å². The van der Waals surface area contributed by atoms with Crippen molar-refractivity contribution in [1.29, 1.82) is 0 Å². The molecule has 0 aromatic carbocycles. The Bertz CT molecular complexity index is 825. The minimum Gasteiger partial charge on any atom is -0.330 e. The predicted octanol–water partition coefficient (Wildman–Crippen LogP) is 3.95. The third-order valence-electron chi connectivity index (χ3n) is 5.30.